The molecule has 0 fully saturated rings. The van der Waals surface area contributed by atoms with Gasteiger partial charge in [-0.3, -0.25) is 0 Å². The lowest BCUT2D eigenvalue weighted by molar-refractivity contribution is 0.323. The van der Waals surface area contributed by atoms with Gasteiger partial charge in [-0.05, 0) is 39.8 Å². The van der Waals surface area contributed by atoms with Crippen LogP contribution < -0.4 is 4.74 Å². The zero-order valence-corrected chi connectivity index (χ0v) is 12.2. The summed E-state index contributed by atoms with van der Waals surface area (Å²) in [5.74, 6) is 0.714. The maximum atomic E-state index is 5.62. The Kier molecular flexibility index (Phi) is 4.25. The van der Waals surface area contributed by atoms with E-state index in [1.54, 1.807) is 6.20 Å². The molecule has 0 amide bonds. The van der Waals surface area contributed by atoms with Crippen LogP contribution in [0.5, 0.6) is 5.88 Å². The second kappa shape index (κ2) is 5.91. The molecule has 0 saturated heterocycles. The molecular weight excluding hydrogens is 236 g/mol. The van der Waals surface area contributed by atoms with Gasteiger partial charge in [-0.2, -0.15) is 0 Å². The molecule has 0 atom stereocenters. The SMILES string of the molecule is CCOc1ncccc1C1=CN(C(C)C)CC(C)=C1. The van der Waals surface area contributed by atoms with Crippen LogP contribution in [0, 0.1) is 0 Å². The van der Waals surface area contributed by atoms with Gasteiger partial charge in [-0.25, -0.2) is 4.98 Å². The Balaban J connectivity index is 2.39. The van der Waals surface area contributed by atoms with Crippen LogP contribution >= 0.6 is 0 Å². The fourth-order valence-electron chi connectivity index (χ4n) is 2.20. The van der Waals surface area contributed by atoms with Crippen molar-refractivity contribution in [2.45, 2.75) is 33.7 Å². The van der Waals surface area contributed by atoms with E-state index in [-0.39, 0.29) is 0 Å². The molecule has 0 spiro atoms. The average molecular weight is 258 g/mol. The molecular formula is C16H22N2O. The van der Waals surface area contributed by atoms with Gasteiger partial charge in [0.05, 0.1) is 6.61 Å². The third-order valence-electron chi connectivity index (χ3n) is 3.17. The van der Waals surface area contributed by atoms with Crippen molar-refractivity contribution in [1.82, 2.24) is 9.88 Å². The summed E-state index contributed by atoms with van der Waals surface area (Å²) in [6.45, 7) is 10.2. The molecule has 2 rings (SSSR count). The van der Waals surface area contributed by atoms with Gasteiger partial charge in [0, 0.05) is 36.1 Å². The summed E-state index contributed by atoms with van der Waals surface area (Å²) in [7, 11) is 0. The predicted molar refractivity (Wildman–Crippen MR) is 79.0 cm³/mol. The first-order valence-corrected chi connectivity index (χ1v) is 6.84. The summed E-state index contributed by atoms with van der Waals surface area (Å²) in [5, 5.41) is 0. The first kappa shape index (κ1) is 13.7. The number of allylic oxidation sites excluding steroid dienone is 2. The Morgan fingerprint density at radius 2 is 2.21 bits per heavy atom. The maximum Gasteiger partial charge on any atom is 0.221 e. The number of aromatic nitrogens is 1. The standard InChI is InChI=1S/C16H22N2O/c1-5-19-16-15(7-6-8-17-16)14-9-13(4)10-18(11-14)12(2)3/h6-9,11-12H,5,10H2,1-4H3. The third kappa shape index (κ3) is 3.16. The molecule has 1 aliphatic rings. The van der Waals surface area contributed by atoms with Crippen LogP contribution in [0.25, 0.3) is 5.57 Å². The van der Waals surface area contributed by atoms with E-state index in [0.29, 0.717) is 18.5 Å². The Hall–Kier alpha value is -1.77. The number of pyridine rings is 1. The Morgan fingerprint density at radius 1 is 1.42 bits per heavy atom. The summed E-state index contributed by atoms with van der Waals surface area (Å²) >= 11 is 0. The quantitative estimate of drug-likeness (QED) is 0.826. The molecule has 1 aliphatic heterocycles. The molecule has 0 radical (unpaired) electrons. The van der Waals surface area contributed by atoms with Crippen LogP contribution in [0.4, 0.5) is 0 Å². The third-order valence-corrected chi connectivity index (χ3v) is 3.17. The van der Waals surface area contributed by atoms with Gasteiger partial charge >= 0.3 is 0 Å². The minimum Gasteiger partial charge on any atom is -0.478 e. The number of hydrogen-bond donors (Lipinski definition) is 0. The van der Waals surface area contributed by atoms with E-state index in [4.69, 9.17) is 4.74 Å². The highest BCUT2D eigenvalue weighted by Crippen LogP contribution is 2.29. The van der Waals surface area contributed by atoms with Crippen LogP contribution in [-0.4, -0.2) is 29.1 Å². The lowest BCUT2D eigenvalue weighted by atomic mass is 10.0. The van der Waals surface area contributed by atoms with Crippen molar-refractivity contribution >= 4 is 5.57 Å². The van der Waals surface area contributed by atoms with Gasteiger partial charge in [-0.15, -0.1) is 0 Å². The van der Waals surface area contributed by atoms with Crippen molar-refractivity contribution in [3.05, 3.63) is 41.7 Å². The zero-order chi connectivity index (χ0) is 13.8. The van der Waals surface area contributed by atoms with E-state index in [1.807, 2.05) is 13.0 Å². The van der Waals surface area contributed by atoms with Crippen molar-refractivity contribution in [3.8, 4) is 5.88 Å². The van der Waals surface area contributed by atoms with Gasteiger partial charge in [0.25, 0.3) is 0 Å². The van der Waals surface area contributed by atoms with Gasteiger partial charge in [-0.1, -0.05) is 11.6 Å². The van der Waals surface area contributed by atoms with Crippen molar-refractivity contribution in [3.63, 3.8) is 0 Å². The second-order valence-electron chi connectivity index (χ2n) is 5.13. The largest absolute Gasteiger partial charge is 0.478 e. The van der Waals surface area contributed by atoms with Crippen molar-refractivity contribution in [2.75, 3.05) is 13.2 Å². The number of ether oxygens (including phenoxy) is 1. The fraction of sp³-hybridized carbons (Fsp3) is 0.438. The minimum atomic E-state index is 0.492. The Morgan fingerprint density at radius 3 is 2.89 bits per heavy atom. The van der Waals surface area contributed by atoms with Crippen LogP contribution in [0.1, 0.15) is 33.3 Å². The molecule has 0 saturated carbocycles. The monoisotopic (exact) mass is 258 g/mol. The van der Waals surface area contributed by atoms with E-state index in [0.717, 1.165) is 12.1 Å². The molecule has 0 N–H and O–H groups in total. The highest BCUT2D eigenvalue weighted by molar-refractivity contribution is 5.78. The fourth-order valence-corrected chi connectivity index (χ4v) is 2.20. The molecule has 0 unspecified atom stereocenters. The van der Waals surface area contributed by atoms with Crippen molar-refractivity contribution < 1.29 is 4.74 Å². The first-order chi connectivity index (χ1) is 9.11. The van der Waals surface area contributed by atoms with E-state index in [1.165, 1.54) is 11.1 Å². The van der Waals surface area contributed by atoms with Crippen LogP contribution in [0.2, 0.25) is 0 Å². The normalized spacial score (nSPS) is 15.3. The van der Waals surface area contributed by atoms with E-state index < -0.39 is 0 Å². The Bertz CT molecular complexity index is 503. The molecule has 0 aliphatic carbocycles. The summed E-state index contributed by atoms with van der Waals surface area (Å²) in [6.07, 6.45) is 6.20. The van der Waals surface area contributed by atoms with E-state index in [2.05, 4.69) is 49.0 Å². The minimum absolute atomic E-state index is 0.492. The molecule has 1 aromatic heterocycles. The van der Waals surface area contributed by atoms with Gasteiger partial charge < -0.3 is 9.64 Å². The molecule has 0 bridgehead atoms. The van der Waals surface area contributed by atoms with Gasteiger partial charge in [0.2, 0.25) is 5.88 Å². The summed E-state index contributed by atoms with van der Waals surface area (Å²) < 4.78 is 5.62. The highest BCUT2D eigenvalue weighted by atomic mass is 16.5. The van der Waals surface area contributed by atoms with Crippen LogP contribution in [0.3, 0.4) is 0 Å². The molecule has 19 heavy (non-hydrogen) atoms. The smallest absolute Gasteiger partial charge is 0.221 e. The lowest BCUT2D eigenvalue weighted by Crippen LogP contribution is -2.29. The summed E-state index contributed by atoms with van der Waals surface area (Å²) in [5.41, 5.74) is 3.60. The van der Waals surface area contributed by atoms with Crippen molar-refractivity contribution in [1.29, 1.82) is 0 Å². The number of rotatable bonds is 4. The Labute approximate surface area is 115 Å². The summed E-state index contributed by atoms with van der Waals surface area (Å²) in [4.78, 5) is 6.67. The molecule has 0 aromatic carbocycles. The molecule has 2 heterocycles. The number of hydrogen-bond acceptors (Lipinski definition) is 3. The van der Waals surface area contributed by atoms with Crippen LogP contribution in [-0.2, 0) is 0 Å². The molecule has 3 nitrogen and oxygen atoms in total. The number of nitrogens with zero attached hydrogens (tertiary/aromatic N) is 2. The van der Waals surface area contributed by atoms with E-state index in [9.17, 15) is 0 Å². The van der Waals surface area contributed by atoms with Crippen LogP contribution in [0.15, 0.2) is 36.2 Å². The average Bonchev–Trinajstić information content (AvgIpc) is 2.39. The second-order valence-corrected chi connectivity index (χ2v) is 5.13. The topological polar surface area (TPSA) is 25.4 Å². The lowest BCUT2D eigenvalue weighted by Gasteiger charge is -2.30. The molecule has 1 aromatic rings. The van der Waals surface area contributed by atoms with Crippen molar-refractivity contribution in [2.24, 2.45) is 0 Å². The predicted octanol–water partition coefficient (Wildman–Crippen LogP) is 3.49. The summed E-state index contributed by atoms with van der Waals surface area (Å²) in [6, 6.07) is 4.51. The zero-order valence-electron chi connectivity index (χ0n) is 12.2. The first-order valence-electron chi connectivity index (χ1n) is 6.84. The molecule has 102 valence electrons. The maximum absolute atomic E-state index is 5.62. The molecule has 3 heteroatoms. The highest BCUT2D eigenvalue weighted by Gasteiger charge is 2.16. The van der Waals surface area contributed by atoms with Gasteiger partial charge in [0.1, 0.15) is 0 Å². The van der Waals surface area contributed by atoms with Gasteiger partial charge in [0.15, 0.2) is 0 Å². The van der Waals surface area contributed by atoms with E-state index >= 15 is 0 Å².